The molecule has 20 heavy (non-hydrogen) atoms. The second-order valence-electron chi connectivity index (χ2n) is 6.02. The van der Waals surface area contributed by atoms with Crippen LogP contribution in [0.4, 0.5) is 5.69 Å². The molecular formula is C14H23N5O. The van der Waals surface area contributed by atoms with Crippen molar-refractivity contribution in [1.29, 1.82) is 0 Å². The lowest BCUT2D eigenvalue weighted by Crippen LogP contribution is -2.39. The van der Waals surface area contributed by atoms with Crippen molar-refractivity contribution in [2.75, 3.05) is 25.0 Å². The van der Waals surface area contributed by atoms with E-state index in [1.807, 2.05) is 13.8 Å². The molecule has 0 saturated carbocycles. The third kappa shape index (κ3) is 2.86. The average molecular weight is 277 g/mol. The van der Waals surface area contributed by atoms with E-state index in [0.29, 0.717) is 18.6 Å². The predicted octanol–water partition coefficient (Wildman–Crippen LogP) is 0.791. The van der Waals surface area contributed by atoms with Crippen LogP contribution in [-0.2, 0) is 4.79 Å². The first-order chi connectivity index (χ1) is 9.61. The monoisotopic (exact) mass is 277 g/mol. The van der Waals surface area contributed by atoms with Gasteiger partial charge in [-0.3, -0.25) is 14.8 Å². The van der Waals surface area contributed by atoms with Gasteiger partial charge in [0.05, 0.1) is 23.6 Å². The van der Waals surface area contributed by atoms with Crippen LogP contribution in [0.3, 0.4) is 0 Å². The molecule has 6 nitrogen and oxygen atoms in total. The van der Waals surface area contributed by atoms with Gasteiger partial charge in [-0.2, -0.15) is 5.10 Å². The quantitative estimate of drug-likeness (QED) is 0.764. The van der Waals surface area contributed by atoms with E-state index in [2.05, 4.69) is 25.7 Å². The Morgan fingerprint density at radius 3 is 2.90 bits per heavy atom. The molecule has 6 heteroatoms. The van der Waals surface area contributed by atoms with E-state index in [4.69, 9.17) is 0 Å². The number of aryl methyl sites for hydroxylation is 2. The minimum absolute atomic E-state index is 0.0513. The fourth-order valence-corrected chi connectivity index (χ4v) is 3.28. The first-order valence-electron chi connectivity index (χ1n) is 7.41. The van der Waals surface area contributed by atoms with Gasteiger partial charge >= 0.3 is 0 Å². The SMILES string of the molecule is Cc1n[nH]c(C)c1NC(=O)CN1CCC2CCC(C1)N2. The van der Waals surface area contributed by atoms with Crippen LogP contribution >= 0.6 is 0 Å². The normalized spacial score (nSPS) is 26.5. The predicted molar refractivity (Wildman–Crippen MR) is 77.7 cm³/mol. The van der Waals surface area contributed by atoms with Crippen LogP contribution in [0.2, 0.25) is 0 Å². The van der Waals surface area contributed by atoms with Gasteiger partial charge in [0.15, 0.2) is 0 Å². The van der Waals surface area contributed by atoms with Gasteiger partial charge in [0.1, 0.15) is 0 Å². The van der Waals surface area contributed by atoms with Gasteiger partial charge in [-0.05, 0) is 33.1 Å². The number of amides is 1. The molecule has 2 atom stereocenters. The number of hydrogen-bond acceptors (Lipinski definition) is 4. The Hall–Kier alpha value is -1.40. The fraction of sp³-hybridized carbons (Fsp3) is 0.714. The Morgan fingerprint density at radius 1 is 1.35 bits per heavy atom. The standard InChI is InChI=1S/C14H23N5O/c1-9-14(10(2)18-17-9)16-13(20)8-19-6-5-11-3-4-12(7-19)15-11/h11-12,15H,3-8H2,1-2H3,(H,16,20)(H,17,18). The molecule has 2 aliphatic rings. The van der Waals surface area contributed by atoms with Gasteiger partial charge < -0.3 is 10.6 Å². The summed E-state index contributed by atoms with van der Waals surface area (Å²) in [6, 6.07) is 1.22. The van der Waals surface area contributed by atoms with Gasteiger partial charge in [-0.15, -0.1) is 0 Å². The largest absolute Gasteiger partial charge is 0.322 e. The maximum Gasteiger partial charge on any atom is 0.238 e. The number of H-pyrrole nitrogens is 1. The lowest BCUT2D eigenvalue weighted by Gasteiger charge is -2.23. The van der Waals surface area contributed by atoms with Crippen molar-refractivity contribution in [3.8, 4) is 0 Å². The molecule has 3 N–H and O–H groups in total. The molecule has 3 rings (SSSR count). The molecule has 110 valence electrons. The van der Waals surface area contributed by atoms with E-state index >= 15 is 0 Å². The third-order valence-electron chi connectivity index (χ3n) is 4.37. The van der Waals surface area contributed by atoms with Crippen LogP contribution in [0.1, 0.15) is 30.7 Å². The van der Waals surface area contributed by atoms with E-state index in [1.54, 1.807) is 0 Å². The van der Waals surface area contributed by atoms with Crippen LogP contribution in [-0.4, -0.2) is 52.7 Å². The van der Waals surface area contributed by atoms with E-state index in [1.165, 1.54) is 12.8 Å². The number of anilines is 1. The number of aromatic nitrogens is 2. The van der Waals surface area contributed by atoms with Crippen molar-refractivity contribution in [2.45, 2.75) is 45.2 Å². The molecule has 0 radical (unpaired) electrons. The van der Waals surface area contributed by atoms with Crippen LogP contribution < -0.4 is 10.6 Å². The summed E-state index contributed by atoms with van der Waals surface area (Å²) >= 11 is 0. The number of hydrogen-bond donors (Lipinski definition) is 3. The summed E-state index contributed by atoms with van der Waals surface area (Å²) in [6.45, 7) is 6.27. The highest BCUT2D eigenvalue weighted by Crippen LogP contribution is 2.20. The van der Waals surface area contributed by atoms with E-state index < -0.39 is 0 Å². The number of aromatic amines is 1. The highest BCUT2D eigenvalue weighted by Gasteiger charge is 2.29. The Labute approximate surface area is 119 Å². The van der Waals surface area contributed by atoms with Crippen molar-refractivity contribution in [2.24, 2.45) is 0 Å². The van der Waals surface area contributed by atoms with Crippen molar-refractivity contribution in [1.82, 2.24) is 20.4 Å². The average Bonchev–Trinajstić information content (AvgIpc) is 2.89. The summed E-state index contributed by atoms with van der Waals surface area (Å²) in [6.07, 6.45) is 3.67. The second kappa shape index (κ2) is 5.54. The zero-order valence-electron chi connectivity index (χ0n) is 12.2. The molecule has 2 saturated heterocycles. The first kappa shape index (κ1) is 13.6. The minimum Gasteiger partial charge on any atom is -0.322 e. The summed E-state index contributed by atoms with van der Waals surface area (Å²) in [7, 11) is 0. The van der Waals surface area contributed by atoms with E-state index in [-0.39, 0.29) is 5.91 Å². The minimum atomic E-state index is 0.0513. The lowest BCUT2D eigenvalue weighted by atomic mass is 10.1. The highest BCUT2D eigenvalue weighted by atomic mass is 16.2. The number of carbonyl (C=O) groups is 1. The van der Waals surface area contributed by atoms with Crippen LogP contribution in [0.15, 0.2) is 0 Å². The molecule has 1 amide bonds. The van der Waals surface area contributed by atoms with Gasteiger partial charge in [-0.1, -0.05) is 0 Å². The molecule has 0 spiro atoms. The molecule has 2 aliphatic heterocycles. The summed E-state index contributed by atoms with van der Waals surface area (Å²) in [5.41, 5.74) is 2.57. The third-order valence-corrected chi connectivity index (χ3v) is 4.37. The molecule has 2 unspecified atom stereocenters. The van der Waals surface area contributed by atoms with Gasteiger partial charge in [0.2, 0.25) is 5.91 Å². The van der Waals surface area contributed by atoms with Crippen molar-refractivity contribution in [3.05, 3.63) is 11.4 Å². The van der Waals surface area contributed by atoms with Gasteiger partial charge in [-0.25, -0.2) is 0 Å². The molecule has 1 aromatic heterocycles. The van der Waals surface area contributed by atoms with Crippen molar-refractivity contribution < 1.29 is 4.79 Å². The van der Waals surface area contributed by atoms with Crippen LogP contribution in [0, 0.1) is 13.8 Å². The number of fused-ring (bicyclic) bond motifs is 2. The smallest absolute Gasteiger partial charge is 0.238 e. The topological polar surface area (TPSA) is 73.0 Å². The second-order valence-corrected chi connectivity index (χ2v) is 6.02. The van der Waals surface area contributed by atoms with Gasteiger partial charge in [0, 0.05) is 25.2 Å². The maximum absolute atomic E-state index is 12.2. The number of nitrogens with one attached hydrogen (secondary N) is 3. The number of likely N-dealkylation sites (tertiary alicyclic amines) is 1. The Kier molecular flexibility index (Phi) is 3.76. The highest BCUT2D eigenvalue weighted by molar-refractivity contribution is 5.93. The molecule has 2 fully saturated rings. The molecular weight excluding hydrogens is 254 g/mol. The summed E-state index contributed by atoms with van der Waals surface area (Å²) in [5, 5.41) is 13.6. The Bertz CT molecular complexity index is 478. The fourth-order valence-electron chi connectivity index (χ4n) is 3.28. The van der Waals surface area contributed by atoms with Crippen molar-refractivity contribution >= 4 is 11.6 Å². The maximum atomic E-state index is 12.2. The molecule has 0 aromatic carbocycles. The van der Waals surface area contributed by atoms with Crippen LogP contribution in [0.5, 0.6) is 0 Å². The Balaban J connectivity index is 1.56. The van der Waals surface area contributed by atoms with Crippen LogP contribution in [0.25, 0.3) is 0 Å². The summed E-state index contributed by atoms with van der Waals surface area (Å²) < 4.78 is 0. The molecule has 2 bridgehead atoms. The zero-order chi connectivity index (χ0) is 14.1. The molecule has 0 aliphatic carbocycles. The summed E-state index contributed by atoms with van der Waals surface area (Å²) in [4.78, 5) is 14.4. The van der Waals surface area contributed by atoms with E-state index in [9.17, 15) is 4.79 Å². The number of nitrogens with zero attached hydrogens (tertiary/aromatic N) is 2. The summed E-state index contributed by atoms with van der Waals surface area (Å²) in [5.74, 6) is 0.0513. The van der Waals surface area contributed by atoms with E-state index in [0.717, 1.165) is 36.6 Å². The first-order valence-corrected chi connectivity index (χ1v) is 7.41. The lowest BCUT2D eigenvalue weighted by molar-refractivity contribution is -0.117. The number of carbonyl (C=O) groups excluding carboxylic acids is 1. The number of rotatable bonds is 3. The zero-order valence-corrected chi connectivity index (χ0v) is 12.2. The van der Waals surface area contributed by atoms with Gasteiger partial charge in [0.25, 0.3) is 0 Å². The molecule has 3 heterocycles. The molecule has 1 aromatic rings. The Morgan fingerprint density at radius 2 is 2.15 bits per heavy atom. The van der Waals surface area contributed by atoms with Crippen molar-refractivity contribution in [3.63, 3.8) is 0 Å².